The van der Waals surface area contributed by atoms with Crippen LogP contribution in [-0.4, -0.2) is 21.2 Å². The van der Waals surface area contributed by atoms with Gasteiger partial charge in [-0.3, -0.25) is 4.98 Å². The van der Waals surface area contributed by atoms with Gasteiger partial charge in [0, 0.05) is 18.6 Å². The maximum atomic E-state index is 4.09. The van der Waals surface area contributed by atoms with Gasteiger partial charge in [0.2, 0.25) is 5.95 Å². The molecular formula is C10H8N4. The van der Waals surface area contributed by atoms with Crippen LogP contribution < -0.4 is 0 Å². The molecule has 4 heteroatoms. The van der Waals surface area contributed by atoms with E-state index in [1.165, 1.54) is 0 Å². The highest BCUT2D eigenvalue weighted by molar-refractivity contribution is 5.78. The second-order valence-corrected chi connectivity index (χ2v) is 2.56. The molecule has 0 spiro atoms. The maximum absolute atomic E-state index is 4.09. The van der Waals surface area contributed by atoms with Crippen LogP contribution in [0.25, 0.3) is 0 Å². The van der Waals surface area contributed by atoms with E-state index in [1.54, 1.807) is 30.9 Å². The number of hydrogen-bond acceptors (Lipinski definition) is 4. The van der Waals surface area contributed by atoms with Crippen molar-refractivity contribution in [1.29, 1.82) is 0 Å². The Morgan fingerprint density at radius 2 is 1.71 bits per heavy atom. The summed E-state index contributed by atoms with van der Waals surface area (Å²) in [5, 5.41) is 0. The highest BCUT2D eigenvalue weighted by Crippen LogP contribution is 1.99. The van der Waals surface area contributed by atoms with Crippen molar-refractivity contribution in [2.45, 2.75) is 0 Å². The Morgan fingerprint density at radius 3 is 2.43 bits per heavy atom. The van der Waals surface area contributed by atoms with Crippen LogP contribution in [-0.2, 0) is 0 Å². The Balaban J connectivity index is 2.16. The van der Waals surface area contributed by atoms with Crippen molar-refractivity contribution in [3.8, 4) is 0 Å². The third kappa shape index (κ3) is 2.20. The Kier molecular flexibility index (Phi) is 2.56. The largest absolute Gasteiger partial charge is 0.255 e. The molecule has 0 aliphatic carbocycles. The van der Waals surface area contributed by atoms with Crippen LogP contribution in [0.5, 0.6) is 0 Å². The third-order valence-electron chi connectivity index (χ3n) is 1.55. The summed E-state index contributed by atoms with van der Waals surface area (Å²) in [4.78, 5) is 16.1. The normalized spacial score (nSPS) is 10.6. The minimum Gasteiger partial charge on any atom is -0.255 e. The quantitative estimate of drug-likeness (QED) is 0.666. The van der Waals surface area contributed by atoms with Crippen LogP contribution in [0.15, 0.2) is 47.8 Å². The van der Waals surface area contributed by atoms with Gasteiger partial charge in [0.25, 0.3) is 0 Å². The second kappa shape index (κ2) is 4.23. The number of rotatable bonds is 2. The molecule has 0 fully saturated rings. The second-order valence-electron chi connectivity index (χ2n) is 2.56. The molecule has 0 amide bonds. The van der Waals surface area contributed by atoms with E-state index in [9.17, 15) is 0 Å². The molecule has 0 radical (unpaired) electrons. The van der Waals surface area contributed by atoms with Crippen LogP contribution in [0, 0.1) is 0 Å². The minimum atomic E-state index is 0.443. The van der Waals surface area contributed by atoms with E-state index in [2.05, 4.69) is 19.9 Å². The van der Waals surface area contributed by atoms with E-state index in [0.717, 1.165) is 5.69 Å². The van der Waals surface area contributed by atoms with E-state index in [-0.39, 0.29) is 0 Å². The van der Waals surface area contributed by atoms with Crippen LogP contribution >= 0.6 is 0 Å². The zero-order valence-corrected chi connectivity index (χ0v) is 7.41. The van der Waals surface area contributed by atoms with Crippen molar-refractivity contribution in [1.82, 2.24) is 15.0 Å². The van der Waals surface area contributed by atoms with Crippen LogP contribution in [0.3, 0.4) is 0 Å². The molecule has 0 N–H and O–H groups in total. The number of aromatic nitrogens is 3. The molecule has 0 saturated carbocycles. The molecule has 2 heterocycles. The van der Waals surface area contributed by atoms with Crippen LogP contribution in [0.2, 0.25) is 0 Å². The van der Waals surface area contributed by atoms with Crippen LogP contribution in [0.4, 0.5) is 5.95 Å². The van der Waals surface area contributed by atoms with E-state index >= 15 is 0 Å². The molecule has 0 aliphatic heterocycles. The first-order valence-electron chi connectivity index (χ1n) is 4.17. The smallest absolute Gasteiger partial charge is 0.249 e. The lowest BCUT2D eigenvalue weighted by atomic mass is 10.4. The SMILES string of the molecule is C(=N\c1ncccn1)/c1ccccn1. The molecule has 2 rings (SSSR count). The maximum Gasteiger partial charge on any atom is 0.249 e. The summed E-state index contributed by atoms with van der Waals surface area (Å²) in [5.41, 5.74) is 0.792. The van der Waals surface area contributed by atoms with Gasteiger partial charge in [-0.05, 0) is 18.2 Å². The Morgan fingerprint density at radius 1 is 0.929 bits per heavy atom. The Bertz CT molecular complexity index is 369. The van der Waals surface area contributed by atoms with E-state index in [1.807, 2.05) is 18.2 Å². The van der Waals surface area contributed by atoms with Crippen molar-refractivity contribution in [3.05, 3.63) is 48.5 Å². The van der Waals surface area contributed by atoms with Gasteiger partial charge in [0.15, 0.2) is 0 Å². The summed E-state index contributed by atoms with van der Waals surface area (Å²) in [6.45, 7) is 0. The van der Waals surface area contributed by atoms with Gasteiger partial charge in [-0.2, -0.15) is 0 Å². The molecule has 0 bridgehead atoms. The van der Waals surface area contributed by atoms with Gasteiger partial charge in [0.05, 0.1) is 11.9 Å². The monoisotopic (exact) mass is 184 g/mol. The first-order chi connectivity index (χ1) is 6.95. The molecule has 68 valence electrons. The molecule has 0 atom stereocenters. The van der Waals surface area contributed by atoms with Gasteiger partial charge < -0.3 is 0 Å². The average molecular weight is 184 g/mol. The van der Waals surface area contributed by atoms with Crippen molar-refractivity contribution >= 4 is 12.2 Å². The summed E-state index contributed by atoms with van der Waals surface area (Å²) < 4.78 is 0. The van der Waals surface area contributed by atoms with Gasteiger partial charge in [-0.1, -0.05) is 6.07 Å². The lowest BCUT2D eigenvalue weighted by Crippen LogP contribution is -1.85. The molecule has 0 aliphatic rings. The fraction of sp³-hybridized carbons (Fsp3) is 0. The molecule has 4 nitrogen and oxygen atoms in total. The fourth-order valence-corrected chi connectivity index (χ4v) is 0.934. The average Bonchev–Trinajstić information content (AvgIpc) is 2.29. The first kappa shape index (κ1) is 8.50. The third-order valence-corrected chi connectivity index (χ3v) is 1.55. The van der Waals surface area contributed by atoms with Crippen molar-refractivity contribution in [2.75, 3.05) is 0 Å². The summed E-state index contributed by atoms with van der Waals surface area (Å²) in [6, 6.07) is 7.38. The highest BCUT2D eigenvalue weighted by atomic mass is 15.0. The first-order valence-corrected chi connectivity index (χ1v) is 4.17. The summed E-state index contributed by atoms with van der Waals surface area (Å²) in [6.07, 6.45) is 6.65. The predicted molar refractivity (Wildman–Crippen MR) is 53.5 cm³/mol. The van der Waals surface area contributed by atoms with Crippen molar-refractivity contribution < 1.29 is 0 Å². The Hall–Kier alpha value is -2.10. The van der Waals surface area contributed by atoms with E-state index in [4.69, 9.17) is 0 Å². The minimum absolute atomic E-state index is 0.443. The number of nitrogens with zero attached hydrogens (tertiary/aromatic N) is 4. The molecule has 2 aromatic heterocycles. The molecule has 0 unspecified atom stereocenters. The molecular weight excluding hydrogens is 176 g/mol. The lowest BCUT2D eigenvalue weighted by molar-refractivity contribution is 1.14. The van der Waals surface area contributed by atoms with Gasteiger partial charge in [0.1, 0.15) is 0 Å². The van der Waals surface area contributed by atoms with E-state index in [0.29, 0.717) is 5.95 Å². The molecule has 2 aromatic rings. The number of aliphatic imine (C=N–C) groups is 1. The standard InChI is InChI=1S/C10H8N4/c1-2-5-11-9(4-1)8-14-10-12-6-3-7-13-10/h1-8H/b14-8+. The Labute approximate surface area is 81.4 Å². The lowest BCUT2D eigenvalue weighted by Gasteiger charge is -1.90. The van der Waals surface area contributed by atoms with Gasteiger partial charge in [-0.15, -0.1) is 0 Å². The highest BCUT2D eigenvalue weighted by Gasteiger charge is 1.88. The molecule has 14 heavy (non-hydrogen) atoms. The van der Waals surface area contributed by atoms with Crippen LogP contribution in [0.1, 0.15) is 5.69 Å². The fourth-order valence-electron chi connectivity index (χ4n) is 0.934. The number of pyridine rings is 1. The van der Waals surface area contributed by atoms with Crippen molar-refractivity contribution in [2.24, 2.45) is 4.99 Å². The van der Waals surface area contributed by atoms with Gasteiger partial charge >= 0.3 is 0 Å². The summed E-state index contributed by atoms with van der Waals surface area (Å²) in [7, 11) is 0. The van der Waals surface area contributed by atoms with Gasteiger partial charge in [-0.25, -0.2) is 15.0 Å². The summed E-state index contributed by atoms with van der Waals surface area (Å²) in [5.74, 6) is 0.443. The predicted octanol–water partition coefficient (Wildman–Crippen LogP) is 1.62. The molecule has 0 saturated heterocycles. The van der Waals surface area contributed by atoms with Crippen molar-refractivity contribution in [3.63, 3.8) is 0 Å². The van der Waals surface area contributed by atoms with E-state index < -0.39 is 0 Å². The zero-order chi connectivity index (χ0) is 9.64. The molecule has 0 aromatic carbocycles. The topological polar surface area (TPSA) is 51.0 Å². The zero-order valence-electron chi connectivity index (χ0n) is 7.41. The summed E-state index contributed by atoms with van der Waals surface area (Å²) >= 11 is 0. The number of hydrogen-bond donors (Lipinski definition) is 0.